The largest absolute Gasteiger partial charge is 0.333 e. The molecule has 40 heavy (non-hydrogen) atoms. The molecule has 0 fully saturated rings. The SMILES string of the molecule is CC12C=CC=CC1N(c1ccc3c(c1)c1ccccc1n3-c1cccc3c1sc1ccccc13)c1ccccc12. The third kappa shape index (κ3) is 2.83. The summed E-state index contributed by atoms with van der Waals surface area (Å²) in [6.45, 7) is 2.37. The van der Waals surface area contributed by atoms with Crippen molar-refractivity contribution in [2.24, 2.45) is 0 Å². The smallest absolute Gasteiger partial charge is 0.0655 e. The molecule has 0 N–H and O–H groups in total. The summed E-state index contributed by atoms with van der Waals surface area (Å²) in [6, 6.07) is 40.6. The van der Waals surface area contributed by atoms with Crippen molar-refractivity contribution in [1.82, 2.24) is 4.57 Å². The molecule has 0 bridgehead atoms. The van der Waals surface area contributed by atoms with Crippen molar-refractivity contribution in [1.29, 1.82) is 0 Å². The lowest BCUT2D eigenvalue weighted by atomic mass is 9.76. The molecule has 5 aromatic carbocycles. The van der Waals surface area contributed by atoms with E-state index in [4.69, 9.17) is 0 Å². The van der Waals surface area contributed by atoms with Crippen LogP contribution < -0.4 is 4.90 Å². The van der Waals surface area contributed by atoms with Crippen LogP contribution in [0.4, 0.5) is 11.4 Å². The molecular formula is C37H26N2S. The zero-order valence-corrected chi connectivity index (χ0v) is 22.9. The van der Waals surface area contributed by atoms with E-state index in [1.54, 1.807) is 0 Å². The number of benzene rings is 5. The number of allylic oxidation sites excluding steroid dienone is 2. The second kappa shape index (κ2) is 7.97. The maximum absolute atomic E-state index is 2.54. The first-order chi connectivity index (χ1) is 19.7. The van der Waals surface area contributed by atoms with E-state index in [-0.39, 0.29) is 11.5 Å². The lowest BCUT2D eigenvalue weighted by molar-refractivity contribution is 0.551. The van der Waals surface area contributed by atoms with Gasteiger partial charge >= 0.3 is 0 Å². The van der Waals surface area contributed by atoms with Crippen molar-refractivity contribution < 1.29 is 0 Å². The number of thiophene rings is 1. The number of hydrogen-bond acceptors (Lipinski definition) is 2. The Bertz CT molecular complexity index is 2210. The van der Waals surface area contributed by atoms with Gasteiger partial charge in [-0.05, 0) is 55.0 Å². The Hall–Kier alpha value is -4.60. The highest BCUT2D eigenvalue weighted by Gasteiger charge is 2.46. The number of fused-ring (bicyclic) bond motifs is 9. The lowest BCUT2D eigenvalue weighted by Gasteiger charge is -2.34. The molecule has 3 heterocycles. The van der Waals surface area contributed by atoms with Crippen LogP contribution in [0, 0.1) is 0 Å². The molecule has 2 unspecified atom stereocenters. The fourth-order valence-electron chi connectivity index (χ4n) is 7.19. The molecule has 3 heteroatoms. The minimum atomic E-state index is -0.0505. The topological polar surface area (TPSA) is 8.17 Å². The van der Waals surface area contributed by atoms with Crippen molar-refractivity contribution in [3.63, 3.8) is 0 Å². The molecule has 190 valence electrons. The van der Waals surface area contributed by atoms with E-state index < -0.39 is 0 Å². The van der Waals surface area contributed by atoms with E-state index in [0.717, 1.165) is 0 Å². The molecule has 0 spiro atoms. The average Bonchev–Trinajstić information content (AvgIpc) is 3.63. The van der Waals surface area contributed by atoms with E-state index in [1.807, 2.05) is 11.3 Å². The fourth-order valence-corrected chi connectivity index (χ4v) is 8.40. The zero-order chi connectivity index (χ0) is 26.4. The minimum Gasteiger partial charge on any atom is -0.333 e. The maximum Gasteiger partial charge on any atom is 0.0655 e. The van der Waals surface area contributed by atoms with Crippen molar-refractivity contribution in [3.05, 3.63) is 139 Å². The standard InChI is InChI=1S/C37H26N2S/c1-37-22-9-8-19-35(37)38(32-16-6-4-14-29(32)37)24-20-21-31-28(23-24)25-11-2-5-15-30(25)39(31)33-17-10-13-27-26-12-3-7-18-34(26)40-36(27)33/h2-23,35H,1H3. The Morgan fingerprint density at radius 1 is 0.650 bits per heavy atom. The van der Waals surface area contributed by atoms with Crippen LogP contribution in [0.1, 0.15) is 12.5 Å². The average molecular weight is 531 g/mol. The van der Waals surface area contributed by atoms with Crippen molar-refractivity contribution >= 4 is 64.7 Å². The normalized spacial score (nSPS) is 19.7. The van der Waals surface area contributed by atoms with Gasteiger partial charge in [-0.2, -0.15) is 0 Å². The predicted octanol–water partition coefficient (Wildman–Crippen LogP) is 10.1. The molecule has 0 radical (unpaired) electrons. The van der Waals surface area contributed by atoms with Gasteiger partial charge < -0.3 is 9.47 Å². The molecule has 9 rings (SSSR count). The number of aromatic nitrogens is 1. The van der Waals surface area contributed by atoms with Gasteiger partial charge in [-0.15, -0.1) is 11.3 Å². The van der Waals surface area contributed by atoms with Gasteiger partial charge in [0.1, 0.15) is 0 Å². The summed E-state index contributed by atoms with van der Waals surface area (Å²) >= 11 is 1.89. The summed E-state index contributed by atoms with van der Waals surface area (Å²) < 4.78 is 5.13. The third-order valence-electron chi connectivity index (χ3n) is 9.04. The molecule has 2 atom stereocenters. The van der Waals surface area contributed by atoms with Gasteiger partial charge in [-0.25, -0.2) is 0 Å². The number of rotatable bonds is 2. The van der Waals surface area contributed by atoms with Crippen LogP contribution in [-0.4, -0.2) is 10.6 Å². The monoisotopic (exact) mass is 530 g/mol. The van der Waals surface area contributed by atoms with E-state index in [1.165, 1.54) is 64.6 Å². The molecule has 1 aliphatic carbocycles. The zero-order valence-electron chi connectivity index (χ0n) is 22.1. The van der Waals surface area contributed by atoms with Gasteiger partial charge in [-0.1, -0.05) is 91.0 Å². The summed E-state index contributed by atoms with van der Waals surface area (Å²) in [5.74, 6) is 0. The molecule has 0 saturated carbocycles. The van der Waals surface area contributed by atoms with Crippen molar-refractivity contribution in [2.45, 2.75) is 18.4 Å². The minimum absolute atomic E-state index is 0.0505. The molecule has 2 aliphatic rings. The second-order valence-electron chi connectivity index (χ2n) is 11.2. The summed E-state index contributed by atoms with van der Waals surface area (Å²) in [6.07, 6.45) is 9.12. The summed E-state index contributed by atoms with van der Waals surface area (Å²) in [4.78, 5) is 2.54. The third-order valence-corrected chi connectivity index (χ3v) is 10.3. The second-order valence-corrected chi connectivity index (χ2v) is 12.2. The molecule has 2 nitrogen and oxygen atoms in total. The van der Waals surface area contributed by atoms with Crippen LogP contribution >= 0.6 is 11.3 Å². The summed E-state index contributed by atoms with van der Waals surface area (Å²) in [5, 5.41) is 5.22. The Kier molecular flexibility index (Phi) is 4.43. The molecule has 2 aromatic heterocycles. The van der Waals surface area contributed by atoms with Crippen LogP contribution in [0.25, 0.3) is 47.7 Å². The van der Waals surface area contributed by atoms with E-state index in [0.29, 0.717) is 0 Å². The number of para-hydroxylation sites is 2. The highest BCUT2D eigenvalue weighted by Crippen LogP contribution is 2.52. The molecule has 7 aromatic rings. The van der Waals surface area contributed by atoms with E-state index in [9.17, 15) is 0 Å². The molecule has 0 saturated heterocycles. The maximum atomic E-state index is 2.54. The first-order valence-corrected chi connectivity index (χ1v) is 14.7. The van der Waals surface area contributed by atoms with Gasteiger partial charge in [0.15, 0.2) is 0 Å². The van der Waals surface area contributed by atoms with Crippen LogP contribution in [0.2, 0.25) is 0 Å². The highest BCUT2D eigenvalue weighted by atomic mass is 32.1. The lowest BCUT2D eigenvalue weighted by Crippen LogP contribution is -2.39. The Morgan fingerprint density at radius 3 is 2.35 bits per heavy atom. The van der Waals surface area contributed by atoms with Gasteiger partial charge in [0.05, 0.1) is 27.5 Å². The number of nitrogens with zero attached hydrogens (tertiary/aromatic N) is 2. The van der Waals surface area contributed by atoms with Gasteiger partial charge in [0.25, 0.3) is 0 Å². The first kappa shape index (κ1) is 22.2. The van der Waals surface area contributed by atoms with E-state index in [2.05, 4.69) is 150 Å². The van der Waals surface area contributed by atoms with Gasteiger partial charge in [-0.3, -0.25) is 0 Å². The number of anilines is 2. The Morgan fingerprint density at radius 2 is 1.40 bits per heavy atom. The molecule has 0 amide bonds. The van der Waals surface area contributed by atoms with Gasteiger partial charge in [0, 0.05) is 43.0 Å². The quantitative estimate of drug-likeness (QED) is 0.216. The van der Waals surface area contributed by atoms with Gasteiger partial charge in [0.2, 0.25) is 0 Å². The van der Waals surface area contributed by atoms with Crippen molar-refractivity contribution in [3.8, 4) is 5.69 Å². The molecule has 1 aliphatic heterocycles. The summed E-state index contributed by atoms with van der Waals surface area (Å²) in [7, 11) is 0. The van der Waals surface area contributed by atoms with E-state index >= 15 is 0 Å². The van der Waals surface area contributed by atoms with Crippen molar-refractivity contribution in [2.75, 3.05) is 4.90 Å². The number of hydrogen-bond donors (Lipinski definition) is 0. The summed E-state index contributed by atoms with van der Waals surface area (Å²) in [5.41, 5.74) is 7.60. The molecular weight excluding hydrogens is 504 g/mol. The highest BCUT2D eigenvalue weighted by molar-refractivity contribution is 7.26. The Labute approximate surface area is 236 Å². The first-order valence-electron chi connectivity index (χ1n) is 13.9. The van der Waals surface area contributed by atoms with Crippen LogP contribution in [0.3, 0.4) is 0 Å². The predicted molar refractivity (Wildman–Crippen MR) is 172 cm³/mol. The fraction of sp³-hybridized carbons (Fsp3) is 0.0811. The Balaban J connectivity index is 1.31. The van der Waals surface area contributed by atoms with Crippen LogP contribution in [0.5, 0.6) is 0 Å². The van der Waals surface area contributed by atoms with Crippen LogP contribution in [-0.2, 0) is 5.41 Å². The van der Waals surface area contributed by atoms with Crippen LogP contribution in [0.15, 0.2) is 133 Å².